The quantitative estimate of drug-likeness (QED) is 0.767. The van der Waals surface area contributed by atoms with E-state index in [4.69, 9.17) is 4.74 Å². The molecule has 1 aromatic rings. The van der Waals surface area contributed by atoms with Gasteiger partial charge in [0.15, 0.2) is 0 Å². The third-order valence-electron chi connectivity index (χ3n) is 2.55. The molecule has 0 aliphatic carbocycles. The highest BCUT2D eigenvalue weighted by atomic mass is 16.5. The van der Waals surface area contributed by atoms with Gasteiger partial charge in [-0.2, -0.15) is 0 Å². The number of nitrogens with one attached hydrogen (secondary N) is 1. The van der Waals surface area contributed by atoms with Crippen LogP contribution in [0.1, 0.15) is 32.5 Å². The normalized spacial score (nSPS) is 14.1. The van der Waals surface area contributed by atoms with E-state index in [0.717, 1.165) is 5.69 Å². The second-order valence-corrected chi connectivity index (χ2v) is 4.04. The van der Waals surface area contributed by atoms with E-state index < -0.39 is 0 Å². The first-order valence-corrected chi connectivity index (χ1v) is 5.96. The van der Waals surface area contributed by atoms with Gasteiger partial charge in [0.1, 0.15) is 0 Å². The molecule has 2 atom stereocenters. The summed E-state index contributed by atoms with van der Waals surface area (Å²) in [5, 5.41) is 3.27. The molecule has 1 heterocycles. The van der Waals surface area contributed by atoms with Crippen molar-refractivity contribution in [3.63, 3.8) is 0 Å². The Balaban J connectivity index is 2.38. The Hall–Kier alpha value is -1.42. The standard InChI is InChI=1S/C13H20N2O2/c1-4-17-13(16)10(2)9-15-11(3)12-7-5-6-8-14-12/h5-8,10-11,15H,4,9H2,1-3H3. The Kier molecular flexibility index (Phi) is 5.63. The number of pyridine rings is 1. The molecule has 0 aliphatic heterocycles. The van der Waals surface area contributed by atoms with Crippen molar-refractivity contribution in [3.05, 3.63) is 30.1 Å². The Labute approximate surface area is 102 Å². The van der Waals surface area contributed by atoms with Crippen molar-refractivity contribution in [2.24, 2.45) is 5.92 Å². The van der Waals surface area contributed by atoms with Gasteiger partial charge in [-0.05, 0) is 26.0 Å². The van der Waals surface area contributed by atoms with Crippen molar-refractivity contribution in [2.45, 2.75) is 26.8 Å². The number of hydrogen-bond donors (Lipinski definition) is 1. The molecule has 0 spiro atoms. The zero-order chi connectivity index (χ0) is 12.7. The molecular weight excluding hydrogens is 216 g/mol. The summed E-state index contributed by atoms with van der Waals surface area (Å²) in [6.45, 7) is 6.72. The van der Waals surface area contributed by atoms with E-state index >= 15 is 0 Å². The third kappa shape index (κ3) is 4.53. The first-order chi connectivity index (χ1) is 8.15. The first kappa shape index (κ1) is 13.6. The van der Waals surface area contributed by atoms with E-state index in [9.17, 15) is 4.79 Å². The minimum Gasteiger partial charge on any atom is -0.466 e. The smallest absolute Gasteiger partial charge is 0.309 e. The van der Waals surface area contributed by atoms with Gasteiger partial charge in [0.2, 0.25) is 0 Å². The van der Waals surface area contributed by atoms with Gasteiger partial charge in [-0.15, -0.1) is 0 Å². The van der Waals surface area contributed by atoms with Gasteiger partial charge < -0.3 is 10.1 Å². The fraction of sp³-hybridized carbons (Fsp3) is 0.538. The Morgan fingerprint density at radius 3 is 2.82 bits per heavy atom. The van der Waals surface area contributed by atoms with Crippen LogP contribution in [0.3, 0.4) is 0 Å². The molecule has 0 bridgehead atoms. The Morgan fingerprint density at radius 2 is 2.24 bits per heavy atom. The largest absolute Gasteiger partial charge is 0.466 e. The van der Waals surface area contributed by atoms with Crippen LogP contribution in [0.5, 0.6) is 0 Å². The van der Waals surface area contributed by atoms with Crippen molar-refractivity contribution in [2.75, 3.05) is 13.2 Å². The number of esters is 1. The lowest BCUT2D eigenvalue weighted by atomic mass is 10.1. The van der Waals surface area contributed by atoms with Crippen LogP contribution in [0.2, 0.25) is 0 Å². The molecule has 1 aromatic heterocycles. The van der Waals surface area contributed by atoms with Gasteiger partial charge in [0.25, 0.3) is 0 Å². The minimum absolute atomic E-state index is 0.132. The summed E-state index contributed by atoms with van der Waals surface area (Å²) >= 11 is 0. The van der Waals surface area contributed by atoms with E-state index in [1.807, 2.05) is 39.0 Å². The van der Waals surface area contributed by atoms with Crippen molar-refractivity contribution in [3.8, 4) is 0 Å². The zero-order valence-corrected chi connectivity index (χ0v) is 10.6. The van der Waals surface area contributed by atoms with Gasteiger partial charge >= 0.3 is 5.97 Å². The molecule has 1 N–H and O–H groups in total. The number of aromatic nitrogens is 1. The van der Waals surface area contributed by atoms with Gasteiger partial charge in [0.05, 0.1) is 18.2 Å². The average molecular weight is 236 g/mol. The summed E-state index contributed by atoms with van der Waals surface area (Å²) in [7, 11) is 0. The van der Waals surface area contributed by atoms with Crippen LogP contribution >= 0.6 is 0 Å². The SMILES string of the molecule is CCOC(=O)C(C)CNC(C)c1ccccn1. The number of rotatable bonds is 6. The number of carbonyl (C=O) groups is 1. The predicted molar refractivity (Wildman–Crippen MR) is 66.5 cm³/mol. The first-order valence-electron chi connectivity index (χ1n) is 5.96. The topological polar surface area (TPSA) is 51.2 Å². The molecule has 0 fully saturated rings. The highest BCUT2D eigenvalue weighted by molar-refractivity contribution is 5.72. The molecule has 0 saturated heterocycles. The molecule has 0 radical (unpaired) electrons. The molecule has 0 aromatic carbocycles. The van der Waals surface area contributed by atoms with Crippen LogP contribution in [0.15, 0.2) is 24.4 Å². The molecule has 1 rings (SSSR count). The van der Waals surface area contributed by atoms with Gasteiger partial charge in [-0.1, -0.05) is 13.0 Å². The van der Waals surface area contributed by atoms with Crippen molar-refractivity contribution in [1.82, 2.24) is 10.3 Å². The molecule has 2 unspecified atom stereocenters. The fourth-order valence-electron chi connectivity index (χ4n) is 1.46. The minimum atomic E-state index is -0.159. The molecule has 4 heteroatoms. The van der Waals surface area contributed by atoms with E-state index in [-0.39, 0.29) is 17.9 Å². The van der Waals surface area contributed by atoms with E-state index in [1.54, 1.807) is 6.20 Å². The van der Waals surface area contributed by atoms with Crippen LogP contribution in [0, 0.1) is 5.92 Å². The monoisotopic (exact) mass is 236 g/mol. The maximum atomic E-state index is 11.4. The zero-order valence-electron chi connectivity index (χ0n) is 10.6. The highest BCUT2D eigenvalue weighted by Crippen LogP contribution is 2.08. The summed E-state index contributed by atoms with van der Waals surface area (Å²) in [5.74, 6) is -0.297. The summed E-state index contributed by atoms with van der Waals surface area (Å²) in [5.41, 5.74) is 0.976. The number of hydrogen-bond acceptors (Lipinski definition) is 4. The number of carbonyl (C=O) groups excluding carboxylic acids is 1. The Morgan fingerprint density at radius 1 is 1.47 bits per heavy atom. The third-order valence-corrected chi connectivity index (χ3v) is 2.55. The molecular formula is C13H20N2O2. The van der Waals surface area contributed by atoms with E-state index in [0.29, 0.717) is 13.2 Å². The summed E-state index contributed by atoms with van der Waals surface area (Å²) < 4.78 is 4.95. The summed E-state index contributed by atoms with van der Waals surface area (Å²) in [4.78, 5) is 15.7. The van der Waals surface area contributed by atoms with Crippen LogP contribution in [-0.4, -0.2) is 24.1 Å². The van der Waals surface area contributed by atoms with E-state index in [2.05, 4.69) is 10.3 Å². The molecule has 4 nitrogen and oxygen atoms in total. The van der Waals surface area contributed by atoms with Crippen molar-refractivity contribution < 1.29 is 9.53 Å². The second-order valence-electron chi connectivity index (χ2n) is 4.04. The molecule has 17 heavy (non-hydrogen) atoms. The maximum absolute atomic E-state index is 11.4. The van der Waals surface area contributed by atoms with Gasteiger partial charge in [-0.3, -0.25) is 9.78 Å². The van der Waals surface area contributed by atoms with Crippen molar-refractivity contribution >= 4 is 5.97 Å². The van der Waals surface area contributed by atoms with E-state index in [1.165, 1.54) is 0 Å². The van der Waals surface area contributed by atoms with Crippen LogP contribution in [-0.2, 0) is 9.53 Å². The van der Waals surface area contributed by atoms with Gasteiger partial charge in [-0.25, -0.2) is 0 Å². The maximum Gasteiger partial charge on any atom is 0.309 e. The molecule has 94 valence electrons. The average Bonchev–Trinajstić information content (AvgIpc) is 2.36. The lowest BCUT2D eigenvalue weighted by Crippen LogP contribution is -2.30. The molecule has 0 aliphatic rings. The van der Waals surface area contributed by atoms with Crippen LogP contribution < -0.4 is 5.32 Å². The number of ether oxygens (including phenoxy) is 1. The second kappa shape index (κ2) is 7.01. The lowest BCUT2D eigenvalue weighted by molar-refractivity contribution is -0.147. The highest BCUT2D eigenvalue weighted by Gasteiger charge is 2.15. The Bertz CT molecular complexity index is 341. The summed E-state index contributed by atoms with van der Waals surface area (Å²) in [6.07, 6.45) is 1.77. The predicted octanol–water partition coefficient (Wildman–Crippen LogP) is 1.93. The van der Waals surface area contributed by atoms with Crippen molar-refractivity contribution in [1.29, 1.82) is 0 Å². The number of nitrogens with zero attached hydrogens (tertiary/aromatic N) is 1. The molecule has 0 amide bonds. The van der Waals surface area contributed by atoms with Crippen LogP contribution in [0.25, 0.3) is 0 Å². The van der Waals surface area contributed by atoms with Gasteiger partial charge in [0, 0.05) is 18.8 Å². The summed E-state index contributed by atoms with van der Waals surface area (Å²) in [6, 6.07) is 5.94. The molecule has 0 saturated carbocycles. The lowest BCUT2D eigenvalue weighted by Gasteiger charge is -2.16. The van der Waals surface area contributed by atoms with Crippen LogP contribution in [0.4, 0.5) is 0 Å². The fourth-order valence-corrected chi connectivity index (χ4v) is 1.46.